The molecule has 1 aliphatic rings. The van der Waals surface area contributed by atoms with Crippen LogP contribution in [0.5, 0.6) is 0 Å². The quantitative estimate of drug-likeness (QED) is 0.805. The van der Waals surface area contributed by atoms with Crippen molar-refractivity contribution in [3.05, 3.63) is 36.4 Å². The van der Waals surface area contributed by atoms with E-state index in [9.17, 15) is 4.79 Å². The van der Waals surface area contributed by atoms with Gasteiger partial charge in [0.05, 0.1) is 31.1 Å². The fourth-order valence-electron chi connectivity index (χ4n) is 2.89. The normalized spacial score (nSPS) is 17.0. The number of nitrogens with zero attached hydrogens (tertiary/aromatic N) is 3. The van der Waals surface area contributed by atoms with Crippen LogP contribution in [0.4, 0.5) is 5.82 Å². The van der Waals surface area contributed by atoms with E-state index < -0.39 is 0 Å². The van der Waals surface area contributed by atoms with Crippen molar-refractivity contribution >= 4 is 11.7 Å². The zero-order chi connectivity index (χ0) is 17.1. The first kappa shape index (κ1) is 16.8. The molecule has 2 heterocycles. The fourth-order valence-corrected chi connectivity index (χ4v) is 2.89. The van der Waals surface area contributed by atoms with E-state index in [2.05, 4.69) is 29.2 Å². The summed E-state index contributed by atoms with van der Waals surface area (Å²) in [5.41, 5.74) is 0. The molecule has 2 aromatic heterocycles. The van der Waals surface area contributed by atoms with Crippen LogP contribution in [0.15, 0.2) is 35.1 Å². The third-order valence-corrected chi connectivity index (χ3v) is 4.74. The Labute approximate surface area is 142 Å². The minimum atomic E-state index is -0.220. The number of hydrogen-bond acceptors (Lipinski definition) is 4. The lowest BCUT2D eigenvalue weighted by atomic mass is 10.2. The zero-order valence-electron chi connectivity index (χ0n) is 14.6. The molecule has 0 bridgehead atoms. The van der Waals surface area contributed by atoms with Gasteiger partial charge in [-0.15, -0.1) is 0 Å². The smallest absolute Gasteiger partial charge is 0.242 e. The molecule has 2 aromatic rings. The largest absolute Gasteiger partial charge is 0.468 e. The molecule has 0 aliphatic heterocycles. The maximum atomic E-state index is 12.8. The predicted octanol–water partition coefficient (Wildman–Crippen LogP) is 3.44. The van der Waals surface area contributed by atoms with Crippen LogP contribution in [0.1, 0.15) is 51.8 Å². The first-order valence-corrected chi connectivity index (χ1v) is 8.72. The Morgan fingerprint density at radius 2 is 2.25 bits per heavy atom. The van der Waals surface area contributed by atoms with Crippen molar-refractivity contribution in [2.75, 3.05) is 5.32 Å². The highest BCUT2D eigenvalue weighted by Gasteiger charge is 2.35. The number of anilines is 1. The van der Waals surface area contributed by atoms with Crippen LogP contribution in [0.25, 0.3) is 0 Å². The average molecular weight is 330 g/mol. The molecule has 6 heteroatoms. The number of furan rings is 1. The molecular formula is C18H26N4O2. The molecule has 0 aromatic carbocycles. The summed E-state index contributed by atoms with van der Waals surface area (Å²) in [6, 6.07) is 6.20. The summed E-state index contributed by atoms with van der Waals surface area (Å²) in [4.78, 5) is 15.0. The molecule has 0 unspecified atom stereocenters. The van der Waals surface area contributed by atoms with Crippen LogP contribution in [0, 0.1) is 0 Å². The molecule has 0 radical (unpaired) electrons. The van der Waals surface area contributed by atoms with Gasteiger partial charge in [-0.2, -0.15) is 5.10 Å². The molecule has 1 aliphatic carbocycles. The summed E-state index contributed by atoms with van der Waals surface area (Å²) < 4.78 is 7.33. The standard InChI is InChI=1S/C18H26N4O2/c1-4-13(2)22-17(9-10-19-22)20-18(23)14(3)21(15-7-8-15)12-16-6-5-11-24-16/h5-6,9-11,13-15H,4,7-8,12H2,1-3H3,(H,20,23)/t13-,14+/m0/s1. The van der Waals surface area contributed by atoms with Gasteiger partial charge in [0.15, 0.2) is 0 Å². The van der Waals surface area contributed by atoms with Gasteiger partial charge in [-0.25, -0.2) is 4.68 Å². The van der Waals surface area contributed by atoms with Gasteiger partial charge >= 0.3 is 0 Å². The van der Waals surface area contributed by atoms with Gasteiger partial charge in [0.25, 0.3) is 0 Å². The maximum Gasteiger partial charge on any atom is 0.242 e. The van der Waals surface area contributed by atoms with E-state index >= 15 is 0 Å². The first-order chi connectivity index (χ1) is 11.6. The lowest BCUT2D eigenvalue weighted by molar-refractivity contribution is -0.121. The van der Waals surface area contributed by atoms with Crippen LogP contribution >= 0.6 is 0 Å². The van der Waals surface area contributed by atoms with Crippen LogP contribution in [0.3, 0.4) is 0 Å². The predicted molar refractivity (Wildman–Crippen MR) is 92.6 cm³/mol. The average Bonchev–Trinajstić information content (AvgIpc) is 3.09. The second-order valence-corrected chi connectivity index (χ2v) is 6.57. The molecule has 1 saturated carbocycles. The molecule has 1 N–H and O–H groups in total. The number of carbonyl (C=O) groups is 1. The van der Waals surface area contributed by atoms with Gasteiger partial charge in [-0.05, 0) is 45.2 Å². The Morgan fingerprint density at radius 3 is 2.88 bits per heavy atom. The van der Waals surface area contributed by atoms with E-state index in [0.717, 1.165) is 30.8 Å². The van der Waals surface area contributed by atoms with Crippen molar-refractivity contribution in [1.29, 1.82) is 0 Å². The Balaban J connectivity index is 1.68. The van der Waals surface area contributed by atoms with E-state index in [0.29, 0.717) is 12.6 Å². The fraction of sp³-hybridized carbons (Fsp3) is 0.556. The molecule has 1 amide bonds. The number of amides is 1. The summed E-state index contributed by atoms with van der Waals surface area (Å²) in [5.74, 6) is 1.65. The molecule has 0 spiro atoms. The number of nitrogens with one attached hydrogen (secondary N) is 1. The number of aromatic nitrogens is 2. The molecule has 2 atom stereocenters. The van der Waals surface area contributed by atoms with Gasteiger partial charge in [-0.1, -0.05) is 6.92 Å². The Bertz CT molecular complexity index is 660. The van der Waals surface area contributed by atoms with Crippen LogP contribution < -0.4 is 5.32 Å². The van der Waals surface area contributed by atoms with E-state index in [1.54, 1.807) is 12.5 Å². The number of carbonyl (C=O) groups excluding carboxylic acids is 1. The van der Waals surface area contributed by atoms with Gasteiger partial charge in [0, 0.05) is 12.1 Å². The number of rotatable bonds is 8. The molecular weight excluding hydrogens is 304 g/mol. The van der Waals surface area contributed by atoms with Crippen molar-refractivity contribution in [2.45, 2.75) is 64.7 Å². The van der Waals surface area contributed by atoms with Crippen LogP contribution in [0.2, 0.25) is 0 Å². The third kappa shape index (κ3) is 3.70. The van der Waals surface area contributed by atoms with Crippen LogP contribution in [-0.4, -0.2) is 32.7 Å². The van der Waals surface area contributed by atoms with Crippen molar-refractivity contribution in [1.82, 2.24) is 14.7 Å². The summed E-state index contributed by atoms with van der Waals surface area (Å²) in [6.45, 7) is 6.83. The van der Waals surface area contributed by atoms with E-state index in [4.69, 9.17) is 4.42 Å². The van der Waals surface area contributed by atoms with E-state index in [-0.39, 0.29) is 18.0 Å². The highest BCUT2D eigenvalue weighted by Crippen LogP contribution is 2.30. The molecule has 3 rings (SSSR count). The lowest BCUT2D eigenvalue weighted by Gasteiger charge is -2.27. The van der Waals surface area contributed by atoms with E-state index in [1.807, 2.05) is 29.8 Å². The second kappa shape index (κ2) is 7.21. The van der Waals surface area contributed by atoms with E-state index in [1.165, 1.54) is 0 Å². The van der Waals surface area contributed by atoms with Crippen LogP contribution in [-0.2, 0) is 11.3 Å². The summed E-state index contributed by atoms with van der Waals surface area (Å²) in [7, 11) is 0. The molecule has 6 nitrogen and oxygen atoms in total. The zero-order valence-corrected chi connectivity index (χ0v) is 14.6. The topological polar surface area (TPSA) is 63.3 Å². The second-order valence-electron chi connectivity index (χ2n) is 6.57. The number of hydrogen-bond donors (Lipinski definition) is 1. The van der Waals surface area contributed by atoms with Gasteiger partial charge in [0.1, 0.15) is 11.6 Å². The third-order valence-electron chi connectivity index (χ3n) is 4.74. The highest BCUT2D eigenvalue weighted by atomic mass is 16.3. The SMILES string of the molecule is CC[C@H](C)n1nccc1NC(=O)[C@@H](C)N(Cc1ccco1)C1CC1. The Kier molecular flexibility index (Phi) is 5.04. The molecule has 24 heavy (non-hydrogen) atoms. The lowest BCUT2D eigenvalue weighted by Crippen LogP contribution is -2.43. The van der Waals surface area contributed by atoms with Gasteiger partial charge in [0.2, 0.25) is 5.91 Å². The van der Waals surface area contributed by atoms with Gasteiger partial charge < -0.3 is 9.73 Å². The van der Waals surface area contributed by atoms with Crippen molar-refractivity contribution in [3.63, 3.8) is 0 Å². The highest BCUT2D eigenvalue weighted by molar-refractivity contribution is 5.93. The Morgan fingerprint density at radius 1 is 1.46 bits per heavy atom. The summed E-state index contributed by atoms with van der Waals surface area (Å²) in [6.07, 6.45) is 6.66. The minimum Gasteiger partial charge on any atom is -0.468 e. The first-order valence-electron chi connectivity index (χ1n) is 8.72. The molecule has 130 valence electrons. The summed E-state index contributed by atoms with van der Waals surface area (Å²) in [5, 5.41) is 7.36. The summed E-state index contributed by atoms with van der Waals surface area (Å²) >= 11 is 0. The van der Waals surface area contributed by atoms with Crippen molar-refractivity contribution in [3.8, 4) is 0 Å². The maximum absolute atomic E-state index is 12.8. The monoisotopic (exact) mass is 330 g/mol. The Hall–Kier alpha value is -2.08. The van der Waals surface area contributed by atoms with Crippen molar-refractivity contribution in [2.24, 2.45) is 0 Å². The minimum absolute atomic E-state index is 0.00138. The van der Waals surface area contributed by atoms with Crippen molar-refractivity contribution < 1.29 is 9.21 Å². The van der Waals surface area contributed by atoms with Gasteiger partial charge in [-0.3, -0.25) is 9.69 Å². The molecule has 1 fully saturated rings. The molecule has 0 saturated heterocycles.